The Kier molecular flexibility index (Phi) is 4.98. The van der Waals surface area contributed by atoms with Crippen LogP contribution >= 0.6 is 0 Å². The number of aliphatic hydroxyl groups is 1. The molecule has 0 aliphatic rings. The fourth-order valence-corrected chi connectivity index (χ4v) is 0.531. The molecule has 6 heteroatoms. The highest BCUT2D eigenvalue weighted by atomic mass is 16.3. The van der Waals surface area contributed by atoms with Crippen LogP contribution in [0.4, 0.5) is 0 Å². The Labute approximate surface area is 69.9 Å². The van der Waals surface area contributed by atoms with Crippen LogP contribution in [0.1, 0.15) is 6.42 Å². The van der Waals surface area contributed by atoms with Gasteiger partial charge in [-0.15, -0.1) is 0 Å². The van der Waals surface area contributed by atoms with Crippen molar-refractivity contribution in [1.29, 1.82) is 0 Å². The van der Waals surface area contributed by atoms with Gasteiger partial charge < -0.3 is 21.9 Å². The minimum Gasteiger partial charge on any atom is -0.381 e. The van der Waals surface area contributed by atoms with Crippen LogP contribution in [0.3, 0.4) is 0 Å². The van der Waals surface area contributed by atoms with Crippen LogP contribution in [-0.4, -0.2) is 36.1 Å². The lowest BCUT2D eigenvalue weighted by molar-refractivity contribution is -0.127. The Bertz CT molecular complexity index is 171. The van der Waals surface area contributed by atoms with Crippen LogP contribution in [0, 0.1) is 0 Å². The van der Waals surface area contributed by atoms with Gasteiger partial charge in [0.05, 0.1) is 6.54 Å². The Morgan fingerprint density at radius 3 is 2.50 bits per heavy atom. The lowest BCUT2D eigenvalue weighted by Gasteiger charge is -2.07. The number of carbonyl (C=O) groups is 2. The largest absolute Gasteiger partial charge is 0.381 e. The lowest BCUT2D eigenvalue weighted by atomic mass is 10.3. The van der Waals surface area contributed by atoms with Crippen molar-refractivity contribution in [2.24, 2.45) is 11.5 Å². The summed E-state index contributed by atoms with van der Waals surface area (Å²) in [7, 11) is 0. The minimum absolute atomic E-state index is 0.159. The number of rotatable bonds is 5. The smallest absolute Gasteiger partial charge is 0.248 e. The normalized spacial score (nSPS) is 12.2. The average molecular weight is 175 g/mol. The zero-order chi connectivity index (χ0) is 9.56. The highest BCUT2D eigenvalue weighted by Gasteiger charge is 2.11. The van der Waals surface area contributed by atoms with E-state index >= 15 is 0 Å². The van der Waals surface area contributed by atoms with Crippen molar-refractivity contribution in [2.75, 3.05) is 13.1 Å². The van der Waals surface area contributed by atoms with E-state index in [1.54, 1.807) is 0 Å². The molecule has 0 fully saturated rings. The van der Waals surface area contributed by atoms with Gasteiger partial charge in [-0.05, 0) is 0 Å². The highest BCUT2D eigenvalue weighted by Crippen LogP contribution is 1.79. The van der Waals surface area contributed by atoms with Gasteiger partial charge in [-0.1, -0.05) is 0 Å². The van der Waals surface area contributed by atoms with E-state index in [-0.39, 0.29) is 25.4 Å². The minimum atomic E-state index is -1.33. The third-order valence-electron chi connectivity index (χ3n) is 1.19. The molecule has 12 heavy (non-hydrogen) atoms. The number of carbonyl (C=O) groups excluding carboxylic acids is 2. The number of amides is 2. The molecule has 0 rings (SSSR count). The third kappa shape index (κ3) is 4.64. The Hall–Kier alpha value is -1.14. The third-order valence-corrected chi connectivity index (χ3v) is 1.19. The second kappa shape index (κ2) is 5.50. The molecule has 0 aliphatic carbocycles. The fraction of sp³-hybridized carbons (Fsp3) is 0.667. The highest BCUT2D eigenvalue weighted by molar-refractivity contribution is 5.80. The van der Waals surface area contributed by atoms with Gasteiger partial charge in [0.2, 0.25) is 11.8 Å². The van der Waals surface area contributed by atoms with Gasteiger partial charge in [0, 0.05) is 13.0 Å². The second-order valence-electron chi connectivity index (χ2n) is 2.26. The zero-order valence-corrected chi connectivity index (χ0v) is 6.62. The quantitative estimate of drug-likeness (QED) is 0.363. The second-order valence-corrected chi connectivity index (χ2v) is 2.26. The molecule has 6 N–H and O–H groups in total. The monoisotopic (exact) mass is 175 g/mol. The van der Waals surface area contributed by atoms with Crippen LogP contribution in [0.5, 0.6) is 0 Å². The first-order chi connectivity index (χ1) is 5.57. The van der Waals surface area contributed by atoms with Crippen LogP contribution in [0.2, 0.25) is 0 Å². The summed E-state index contributed by atoms with van der Waals surface area (Å²) in [6.07, 6.45) is -1.16. The first-order valence-electron chi connectivity index (χ1n) is 3.52. The van der Waals surface area contributed by atoms with Gasteiger partial charge in [-0.3, -0.25) is 9.59 Å². The molecule has 0 aromatic heterocycles. The molecule has 2 amide bonds. The Morgan fingerprint density at radius 1 is 1.50 bits per heavy atom. The molecule has 0 aromatic carbocycles. The van der Waals surface area contributed by atoms with Crippen LogP contribution in [0.15, 0.2) is 0 Å². The molecule has 70 valence electrons. The van der Waals surface area contributed by atoms with E-state index in [1.165, 1.54) is 0 Å². The molecular weight excluding hydrogens is 162 g/mol. The molecule has 0 radical (unpaired) electrons. The molecule has 1 unspecified atom stereocenters. The van der Waals surface area contributed by atoms with Crippen molar-refractivity contribution in [3.05, 3.63) is 0 Å². The van der Waals surface area contributed by atoms with Gasteiger partial charge in [0.25, 0.3) is 0 Å². The SMILES string of the molecule is NCCC(=O)NCC(O)C(N)=O. The number of nitrogens with one attached hydrogen (secondary N) is 1. The zero-order valence-electron chi connectivity index (χ0n) is 6.62. The molecule has 0 aliphatic heterocycles. The van der Waals surface area contributed by atoms with E-state index in [9.17, 15) is 9.59 Å². The van der Waals surface area contributed by atoms with Crippen molar-refractivity contribution in [3.63, 3.8) is 0 Å². The van der Waals surface area contributed by atoms with E-state index in [1.807, 2.05) is 0 Å². The molecule has 0 aromatic rings. The summed E-state index contributed by atoms with van der Waals surface area (Å²) >= 11 is 0. The molecule has 0 bridgehead atoms. The topological polar surface area (TPSA) is 118 Å². The number of hydrogen-bond acceptors (Lipinski definition) is 4. The maximum absolute atomic E-state index is 10.7. The number of primary amides is 1. The number of aliphatic hydroxyl groups excluding tert-OH is 1. The van der Waals surface area contributed by atoms with Crippen LogP contribution in [-0.2, 0) is 9.59 Å². The summed E-state index contributed by atoms with van der Waals surface area (Å²) in [5, 5.41) is 11.1. The first kappa shape index (κ1) is 10.9. The summed E-state index contributed by atoms with van der Waals surface area (Å²) in [6, 6.07) is 0. The van der Waals surface area contributed by atoms with Gasteiger partial charge in [-0.25, -0.2) is 0 Å². The number of nitrogens with two attached hydrogens (primary N) is 2. The van der Waals surface area contributed by atoms with E-state index in [0.717, 1.165) is 0 Å². The Morgan fingerprint density at radius 2 is 2.08 bits per heavy atom. The van der Waals surface area contributed by atoms with Gasteiger partial charge in [0.15, 0.2) is 0 Å². The van der Waals surface area contributed by atoms with E-state index < -0.39 is 12.0 Å². The predicted molar refractivity (Wildman–Crippen MR) is 41.9 cm³/mol. The van der Waals surface area contributed by atoms with Crippen LogP contribution < -0.4 is 16.8 Å². The molecule has 0 heterocycles. The molecule has 0 spiro atoms. The van der Waals surface area contributed by atoms with Crippen molar-refractivity contribution >= 4 is 11.8 Å². The summed E-state index contributed by atoms with van der Waals surface area (Å²) < 4.78 is 0. The molecule has 0 saturated heterocycles. The van der Waals surface area contributed by atoms with Crippen molar-refractivity contribution in [2.45, 2.75) is 12.5 Å². The van der Waals surface area contributed by atoms with Gasteiger partial charge in [-0.2, -0.15) is 0 Å². The van der Waals surface area contributed by atoms with Crippen molar-refractivity contribution in [1.82, 2.24) is 5.32 Å². The Balaban J connectivity index is 3.54. The average Bonchev–Trinajstić information content (AvgIpc) is 2.00. The van der Waals surface area contributed by atoms with E-state index in [4.69, 9.17) is 16.6 Å². The predicted octanol–water partition coefficient (Wildman–Crippen LogP) is -2.70. The maximum Gasteiger partial charge on any atom is 0.248 e. The molecule has 1 atom stereocenters. The van der Waals surface area contributed by atoms with Gasteiger partial charge in [0.1, 0.15) is 6.10 Å². The fourth-order valence-electron chi connectivity index (χ4n) is 0.531. The maximum atomic E-state index is 10.7. The summed E-state index contributed by atoms with van der Waals surface area (Å²) in [5.41, 5.74) is 9.81. The molecule has 6 nitrogen and oxygen atoms in total. The summed E-state index contributed by atoms with van der Waals surface area (Å²) in [4.78, 5) is 21.0. The first-order valence-corrected chi connectivity index (χ1v) is 3.52. The lowest BCUT2D eigenvalue weighted by Crippen LogP contribution is -2.40. The summed E-state index contributed by atoms with van der Waals surface area (Å²) in [6.45, 7) is 0.0761. The van der Waals surface area contributed by atoms with Crippen LogP contribution in [0.25, 0.3) is 0 Å². The van der Waals surface area contributed by atoms with Gasteiger partial charge >= 0.3 is 0 Å². The standard InChI is InChI=1S/C6H13N3O3/c7-2-1-5(11)9-3-4(10)6(8)12/h4,10H,1-3,7H2,(H2,8,12)(H,9,11). The van der Waals surface area contributed by atoms with E-state index in [0.29, 0.717) is 0 Å². The number of hydrogen-bond donors (Lipinski definition) is 4. The van der Waals surface area contributed by atoms with E-state index in [2.05, 4.69) is 5.32 Å². The van der Waals surface area contributed by atoms with Crippen molar-refractivity contribution < 1.29 is 14.7 Å². The summed E-state index contributed by atoms with van der Waals surface area (Å²) in [5.74, 6) is -1.17. The molecule has 0 saturated carbocycles. The van der Waals surface area contributed by atoms with Crippen molar-refractivity contribution in [3.8, 4) is 0 Å². The molecular formula is C6H13N3O3.